The van der Waals surface area contributed by atoms with Crippen molar-refractivity contribution in [3.63, 3.8) is 0 Å². The SMILES string of the molecule is CC(=O)c1ccc(-n2cnc(C)c2)c(CO)n1. The van der Waals surface area contributed by atoms with Crippen LogP contribution < -0.4 is 0 Å². The van der Waals surface area contributed by atoms with E-state index in [1.807, 2.05) is 13.1 Å². The van der Waals surface area contributed by atoms with Crippen molar-refractivity contribution in [2.24, 2.45) is 0 Å². The topological polar surface area (TPSA) is 68.0 Å². The van der Waals surface area contributed by atoms with Crippen LogP contribution >= 0.6 is 0 Å². The Morgan fingerprint density at radius 3 is 2.76 bits per heavy atom. The van der Waals surface area contributed by atoms with Crippen LogP contribution in [0.1, 0.15) is 28.8 Å². The predicted molar refractivity (Wildman–Crippen MR) is 62.0 cm³/mol. The monoisotopic (exact) mass is 231 g/mol. The molecular formula is C12H13N3O2. The molecule has 2 heterocycles. The lowest BCUT2D eigenvalue weighted by molar-refractivity contribution is 0.101. The number of aryl methyl sites for hydroxylation is 1. The van der Waals surface area contributed by atoms with Crippen molar-refractivity contribution in [2.45, 2.75) is 20.5 Å². The number of hydrogen-bond acceptors (Lipinski definition) is 4. The minimum absolute atomic E-state index is 0.118. The quantitative estimate of drug-likeness (QED) is 0.808. The van der Waals surface area contributed by atoms with Gasteiger partial charge in [-0.25, -0.2) is 9.97 Å². The fourth-order valence-corrected chi connectivity index (χ4v) is 1.59. The summed E-state index contributed by atoms with van der Waals surface area (Å²) < 4.78 is 1.78. The van der Waals surface area contributed by atoms with Crippen molar-refractivity contribution in [1.29, 1.82) is 0 Å². The predicted octanol–water partition coefficient (Wildman–Crippen LogP) is 1.27. The molecule has 5 heteroatoms. The Morgan fingerprint density at radius 2 is 2.24 bits per heavy atom. The van der Waals surface area contributed by atoms with Crippen LogP contribution in [-0.4, -0.2) is 25.4 Å². The lowest BCUT2D eigenvalue weighted by Gasteiger charge is -2.08. The zero-order valence-corrected chi connectivity index (χ0v) is 9.71. The number of aliphatic hydroxyl groups excluding tert-OH is 1. The molecule has 0 aliphatic rings. The highest BCUT2D eigenvalue weighted by Crippen LogP contribution is 2.14. The third-order valence-electron chi connectivity index (χ3n) is 2.45. The van der Waals surface area contributed by atoms with Crippen LogP contribution in [0.3, 0.4) is 0 Å². The molecule has 1 N–H and O–H groups in total. The largest absolute Gasteiger partial charge is 0.390 e. The first-order valence-corrected chi connectivity index (χ1v) is 5.24. The minimum Gasteiger partial charge on any atom is -0.390 e. The van der Waals surface area contributed by atoms with E-state index in [1.165, 1.54) is 6.92 Å². The van der Waals surface area contributed by atoms with Crippen LogP contribution in [0.2, 0.25) is 0 Å². The summed E-state index contributed by atoms with van der Waals surface area (Å²) in [5.74, 6) is -0.118. The van der Waals surface area contributed by atoms with E-state index < -0.39 is 0 Å². The molecule has 0 atom stereocenters. The molecule has 0 fully saturated rings. The first kappa shape index (κ1) is 11.5. The number of aromatic nitrogens is 3. The minimum atomic E-state index is -0.215. The van der Waals surface area contributed by atoms with Gasteiger partial charge in [-0.2, -0.15) is 0 Å². The molecule has 0 unspecified atom stereocenters. The van der Waals surface area contributed by atoms with Gasteiger partial charge in [0.2, 0.25) is 0 Å². The number of pyridine rings is 1. The van der Waals surface area contributed by atoms with E-state index in [0.717, 1.165) is 11.4 Å². The molecule has 0 spiro atoms. The second-order valence-corrected chi connectivity index (χ2v) is 3.80. The molecule has 0 saturated heterocycles. The van der Waals surface area contributed by atoms with Gasteiger partial charge in [-0.1, -0.05) is 0 Å². The first-order valence-electron chi connectivity index (χ1n) is 5.24. The number of hydrogen-bond donors (Lipinski definition) is 1. The number of aliphatic hydroxyl groups is 1. The summed E-state index contributed by atoms with van der Waals surface area (Å²) in [6, 6.07) is 3.41. The molecule has 0 aliphatic carbocycles. The third-order valence-corrected chi connectivity index (χ3v) is 2.45. The van der Waals surface area contributed by atoms with E-state index in [1.54, 1.807) is 23.0 Å². The zero-order valence-electron chi connectivity index (χ0n) is 9.71. The second-order valence-electron chi connectivity index (χ2n) is 3.80. The standard InChI is InChI=1S/C12H13N3O2/c1-8-5-15(7-13-8)12-4-3-10(9(2)17)14-11(12)6-16/h3-5,7,16H,6H2,1-2H3. The number of ketones is 1. The molecule has 2 rings (SSSR count). The van der Waals surface area contributed by atoms with E-state index >= 15 is 0 Å². The van der Waals surface area contributed by atoms with Gasteiger partial charge in [-0.15, -0.1) is 0 Å². The third kappa shape index (κ3) is 2.24. The van der Waals surface area contributed by atoms with Crippen molar-refractivity contribution in [3.05, 3.63) is 41.7 Å². The smallest absolute Gasteiger partial charge is 0.178 e. The first-order chi connectivity index (χ1) is 8.11. The van der Waals surface area contributed by atoms with Crippen LogP contribution in [-0.2, 0) is 6.61 Å². The lowest BCUT2D eigenvalue weighted by Crippen LogP contribution is -2.05. The lowest BCUT2D eigenvalue weighted by atomic mass is 10.2. The van der Waals surface area contributed by atoms with E-state index in [-0.39, 0.29) is 12.4 Å². The molecule has 0 saturated carbocycles. The van der Waals surface area contributed by atoms with Crippen LogP contribution in [0.25, 0.3) is 5.69 Å². The summed E-state index contributed by atoms with van der Waals surface area (Å²) in [4.78, 5) is 19.4. The molecule has 2 aromatic rings. The molecule has 17 heavy (non-hydrogen) atoms. The number of nitrogens with zero attached hydrogens (tertiary/aromatic N) is 3. The van der Waals surface area contributed by atoms with E-state index in [0.29, 0.717) is 11.4 Å². The Balaban J connectivity index is 2.51. The summed E-state index contributed by atoms with van der Waals surface area (Å²) in [5, 5.41) is 9.29. The highest BCUT2D eigenvalue weighted by atomic mass is 16.3. The summed E-state index contributed by atoms with van der Waals surface area (Å²) >= 11 is 0. The second kappa shape index (κ2) is 4.47. The molecule has 0 aromatic carbocycles. The Bertz CT molecular complexity index is 561. The molecule has 0 aliphatic heterocycles. The van der Waals surface area contributed by atoms with Gasteiger partial charge >= 0.3 is 0 Å². The molecule has 2 aromatic heterocycles. The summed E-state index contributed by atoms with van der Waals surface area (Å²) in [6.45, 7) is 3.12. The number of carbonyl (C=O) groups excluding carboxylic acids is 1. The van der Waals surface area contributed by atoms with Gasteiger partial charge in [0.05, 0.1) is 30.0 Å². The van der Waals surface area contributed by atoms with Gasteiger partial charge in [0.1, 0.15) is 5.69 Å². The average molecular weight is 231 g/mol. The number of carbonyl (C=O) groups is 1. The van der Waals surface area contributed by atoms with Crippen molar-refractivity contribution >= 4 is 5.78 Å². The Labute approximate surface area is 98.8 Å². The van der Waals surface area contributed by atoms with Gasteiger partial charge in [-0.3, -0.25) is 4.79 Å². The maximum absolute atomic E-state index is 11.2. The number of rotatable bonds is 3. The van der Waals surface area contributed by atoms with E-state index in [9.17, 15) is 9.90 Å². The average Bonchev–Trinajstić information content (AvgIpc) is 2.74. The van der Waals surface area contributed by atoms with Gasteiger partial charge < -0.3 is 9.67 Å². The molecule has 0 amide bonds. The maximum Gasteiger partial charge on any atom is 0.178 e. The zero-order chi connectivity index (χ0) is 12.4. The molecular weight excluding hydrogens is 218 g/mol. The Hall–Kier alpha value is -2.01. The highest BCUT2D eigenvalue weighted by Gasteiger charge is 2.09. The Kier molecular flexibility index (Phi) is 3.01. The summed E-state index contributed by atoms with van der Waals surface area (Å²) in [5.41, 5.74) is 2.44. The van der Waals surface area contributed by atoms with Gasteiger partial charge in [0.25, 0.3) is 0 Å². The number of Topliss-reactive ketones (excluding diaryl/α,β-unsaturated/α-hetero) is 1. The number of imidazole rings is 1. The summed E-state index contributed by atoms with van der Waals surface area (Å²) in [6.07, 6.45) is 3.49. The van der Waals surface area contributed by atoms with Crippen LogP contribution in [0.4, 0.5) is 0 Å². The Morgan fingerprint density at radius 1 is 1.47 bits per heavy atom. The van der Waals surface area contributed by atoms with Gasteiger partial charge in [0.15, 0.2) is 5.78 Å². The van der Waals surface area contributed by atoms with Crippen molar-refractivity contribution in [1.82, 2.24) is 14.5 Å². The van der Waals surface area contributed by atoms with Gasteiger partial charge in [0, 0.05) is 13.1 Å². The van der Waals surface area contributed by atoms with E-state index in [4.69, 9.17) is 0 Å². The molecule has 0 bridgehead atoms. The maximum atomic E-state index is 11.2. The van der Waals surface area contributed by atoms with E-state index in [2.05, 4.69) is 9.97 Å². The van der Waals surface area contributed by atoms with Crippen LogP contribution in [0, 0.1) is 6.92 Å². The summed E-state index contributed by atoms with van der Waals surface area (Å²) in [7, 11) is 0. The fraction of sp³-hybridized carbons (Fsp3) is 0.250. The fourth-order valence-electron chi connectivity index (χ4n) is 1.59. The molecule has 0 radical (unpaired) electrons. The highest BCUT2D eigenvalue weighted by molar-refractivity contribution is 5.92. The molecule has 5 nitrogen and oxygen atoms in total. The van der Waals surface area contributed by atoms with Crippen molar-refractivity contribution in [3.8, 4) is 5.69 Å². The van der Waals surface area contributed by atoms with Gasteiger partial charge in [-0.05, 0) is 19.1 Å². The van der Waals surface area contributed by atoms with Crippen molar-refractivity contribution in [2.75, 3.05) is 0 Å². The molecule has 88 valence electrons. The van der Waals surface area contributed by atoms with Crippen LogP contribution in [0.15, 0.2) is 24.7 Å². The normalized spacial score (nSPS) is 10.5. The van der Waals surface area contributed by atoms with Crippen molar-refractivity contribution < 1.29 is 9.90 Å². The van der Waals surface area contributed by atoms with Crippen LogP contribution in [0.5, 0.6) is 0 Å².